The van der Waals surface area contributed by atoms with E-state index in [0.717, 1.165) is 18.5 Å². The van der Waals surface area contributed by atoms with Crippen LogP contribution in [0.2, 0.25) is 0 Å². The molecule has 0 spiro atoms. The first-order valence-electron chi connectivity index (χ1n) is 5.30. The van der Waals surface area contributed by atoms with Crippen molar-refractivity contribution < 1.29 is 14.6 Å². The number of rotatable bonds is 5. The summed E-state index contributed by atoms with van der Waals surface area (Å²) >= 11 is 0. The Labute approximate surface area is 101 Å². The fourth-order valence-corrected chi connectivity index (χ4v) is 1.60. The molecule has 0 saturated heterocycles. The highest BCUT2D eigenvalue weighted by atomic mass is 16.5. The molecular weight excluding hydrogens is 220 g/mol. The second kappa shape index (κ2) is 5.54. The molecule has 3 N–H and O–H groups in total. The van der Waals surface area contributed by atoms with Crippen LogP contribution in [0.3, 0.4) is 0 Å². The minimum absolute atomic E-state index is 0.112. The van der Waals surface area contributed by atoms with Crippen LogP contribution in [0.1, 0.15) is 15.9 Å². The number of likely N-dealkylation sites (N-methyl/N-ethyl adjacent to an activating group) is 1. The summed E-state index contributed by atoms with van der Waals surface area (Å²) in [5, 5.41) is 9.08. The van der Waals surface area contributed by atoms with E-state index in [1.807, 2.05) is 19.0 Å². The van der Waals surface area contributed by atoms with Gasteiger partial charge >= 0.3 is 5.97 Å². The van der Waals surface area contributed by atoms with E-state index in [0.29, 0.717) is 5.69 Å². The van der Waals surface area contributed by atoms with Crippen molar-refractivity contribution >= 4 is 11.7 Å². The summed E-state index contributed by atoms with van der Waals surface area (Å²) in [4.78, 5) is 13.1. The van der Waals surface area contributed by atoms with Gasteiger partial charge in [-0.1, -0.05) is 0 Å². The summed E-state index contributed by atoms with van der Waals surface area (Å²) in [5.41, 5.74) is 7.15. The van der Waals surface area contributed by atoms with Crippen LogP contribution < -0.4 is 10.5 Å². The van der Waals surface area contributed by atoms with E-state index in [-0.39, 0.29) is 11.3 Å². The van der Waals surface area contributed by atoms with Crippen LogP contribution in [0.25, 0.3) is 0 Å². The fourth-order valence-electron chi connectivity index (χ4n) is 1.60. The lowest BCUT2D eigenvalue weighted by Gasteiger charge is -2.13. The molecular formula is C12H18N2O3. The lowest BCUT2D eigenvalue weighted by Crippen LogP contribution is -2.15. The Hall–Kier alpha value is -1.75. The number of carboxylic acids is 1. The Balaban J connectivity index is 3.06. The van der Waals surface area contributed by atoms with Crippen molar-refractivity contribution in [3.8, 4) is 5.75 Å². The SMILES string of the molecule is COc1c(N)cc(CCN(C)C)cc1C(=O)O. The number of carbonyl (C=O) groups is 1. The number of ether oxygens (including phenoxy) is 1. The molecule has 0 unspecified atom stereocenters. The van der Waals surface area contributed by atoms with Crippen molar-refractivity contribution in [2.24, 2.45) is 0 Å². The highest BCUT2D eigenvalue weighted by Crippen LogP contribution is 2.28. The lowest BCUT2D eigenvalue weighted by molar-refractivity contribution is 0.0693. The number of nitrogens with two attached hydrogens (primary N) is 1. The van der Waals surface area contributed by atoms with Crippen LogP contribution in [-0.4, -0.2) is 43.7 Å². The first-order valence-corrected chi connectivity index (χ1v) is 5.30. The smallest absolute Gasteiger partial charge is 0.339 e. The van der Waals surface area contributed by atoms with Crippen LogP contribution >= 0.6 is 0 Å². The average Bonchev–Trinajstić information content (AvgIpc) is 2.25. The quantitative estimate of drug-likeness (QED) is 0.751. The molecule has 94 valence electrons. The van der Waals surface area contributed by atoms with Gasteiger partial charge in [0.1, 0.15) is 5.56 Å². The van der Waals surface area contributed by atoms with Gasteiger partial charge in [0, 0.05) is 6.54 Å². The first-order chi connectivity index (χ1) is 7.95. The van der Waals surface area contributed by atoms with Crippen LogP contribution in [0.5, 0.6) is 5.75 Å². The van der Waals surface area contributed by atoms with Crippen molar-refractivity contribution in [2.45, 2.75) is 6.42 Å². The van der Waals surface area contributed by atoms with Crippen LogP contribution in [0.15, 0.2) is 12.1 Å². The number of nitrogen functional groups attached to an aromatic ring is 1. The van der Waals surface area contributed by atoms with E-state index in [1.165, 1.54) is 7.11 Å². The number of hydrogen-bond donors (Lipinski definition) is 2. The van der Waals surface area contributed by atoms with Gasteiger partial charge in [0.15, 0.2) is 5.75 Å². The van der Waals surface area contributed by atoms with E-state index in [2.05, 4.69) is 0 Å². The topological polar surface area (TPSA) is 75.8 Å². The zero-order valence-corrected chi connectivity index (χ0v) is 10.4. The van der Waals surface area contributed by atoms with Gasteiger partial charge in [-0.3, -0.25) is 0 Å². The van der Waals surface area contributed by atoms with E-state index < -0.39 is 5.97 Å². The molecule has 0 heterocycles. The number of benzene rings is 1. The molecule has 1 aromatic rings. The van der Waals surface area contributed by atoms with Gasteiger partial charge in [-0.2, -0.15) is 0 Å². The maximum atomic E-state index is 11.1. The van der Waals surface area contributed by atoms with Crippen LogP contribution in [0, 0.1) is 0 Å². The van der Waals surface area contributed by atoms with Gasteiger partial charge in [-0.05, 0) is 38.2 Å². The third-order valence-corrected chi connectivity index (χ3v) is 2.46. The minimum atomic E-state index is -1.03. The fraction of sp³-hybridized carbons (Fsp3) is 0.417. The van der Waals surface area contributed by atoms with E-state index >= 15 is 0 Å². The summed E-state index contributed by atoms with van der Waals surface area (Å²) in [5.74, 6) is -0.800. The maximum Gasteiger partial charge on any atom is 0.339 e. The van der Waals surface area contributed by atoms with Crippen molar-refractivity contribution in [2.75, 3.05) is 33.5 Å². The normalized spacial score (nSPS) is 10.6. The largest absolute Gasteiger partial charge is 0.494 e. The van der Waals surface area contributed by atoms with Gasteiger partial charge in [0.25, 0.3) is 0 Å². The summed E-state index contributed by atoms with van der Waals surface area (Å²) in [6, 6.07) is 3.37. The minimum Gasteiger partial charge on any atom is -0.494 e. The highest BCUT2D eigenvalue weighted by Gasteiger charge is 2.15. The molecule has 1 aromatic carbocycles. The van der Waals surface area contributed by atoms with Crippen molar-refractivity contribution in [3.05, 3.63) is 23.3 Å². The highest BCUT2D eigenvalue weighted by molar-refractivity contribution is 5.93. The predicted octanol–water partition coefficient (Wildman–Crippen LogP) is 1.08. The Morgan fingerprint density at radius 3 is 2.59 bits per heavy atom. The molecule has 17 heavy (non-hydrogen) atoms. The molecule has 1 rings (SSSR count). The summed E-state index contributed by atoms with van der Waals surface area (Å²) in [6.45, 7) is 0.838. The molecule has 0 atom stereocenters. The Morgan fingerprint density at radius 2 is 2.12 bits per heavy atom. The molecule has 0 saturated carbocycles. The van der Waals surface area contributed by atoms with Gasteiger partial charge in [0.2, 0.25) is 0 Å². The van der Waals surface area contributed by atoms with Crippen molar-refractivity contribution in [3.63, 3.8) is 0 Å². The molecule has 5 heteroatoms. The summed E-state index contributed by atoms with van der Waals surface area (Å²) < 4.78 is 5.00. The van der Waals surface area contributed by atoms with Crippen molar-refractivity contribution in [1.82, 2.24) is 4.90 Å². The zero-order valence-electron chi connectivity index (χ0n) is 10.4. The zero-order chi connectivity index (χ0) is 13.0. The van der Waals surface area contributed by atoms with Crippen LogP contribution in [0.4, 0.5) is 5.69 Å². The predicted molar refractivity (Wildman–Crippen MR) is 66.6 cm³/mol. The van der Waals surface area contributed by atoms with Crippen molar-refractivity contribution in [1.29, 1.82) is 0 Å². The number of nitrogens with zero attached hydrogens (tertiary/aromatic N) is 1. The standard InChI is InChI=1S/C12H18N2O3/c1-14(2)5-4-8-6-9(12(15)16)11(17-3)10(13)7-8/h6-7H,4-5,13H2,1-3H3,(H,15,16). The van der Waals surface area contributed by atoms with Gasteiger partial charge < -0.3 is 20.5 Å². The molecule has 0 aliphatic heterocycles. The van der Waals surface area contributed by atoms with Crippen LogP contribution in [-0.2, 0) is 6.42 Å². The number of carboxylic acid groups (broad SMARTS) is 1. The molecule has 0 aliphatic carbocycles. The Morgan fingerprint density at radius 1 is 1.47 bits per heavy atom. The second-order valence-corrected chi connectivity index (χ2v) is 4.12. The summed E-state index contributed by atoms with van der Waals surface area (Å²) in [7, 11) is 5.34. The molecule has 0 radical (unpaired) electrons. The number of methoxy groups -OCH3 is 1. The third-order valence-electron chi connectivity index (χ3n) is 2.46. The molecule has 0 bridgehead atoms. The molecule has 0 aliphatic rings. The van der Waals surface area contributed by atoms with E-state index in [9.17, 15) is 4.79 Å². The molecule has 5 nitrogen and oxygen atoms in total. The van der Waals surface area contributed by atoms with Gasteiger partial charge in [-0.15, -0.1) is 0 Å². The van der Waals surface area contributed by atoms with Gasteiger partial charge in [0.05, 0.1) is 12.8 Å². The number of anilines is 1. The maximum absolute atomic E-state index is 11.1. The average molecular weight is 238 g/mol. The van der Waals surface area contributed by atoms with E-state index in [1.54, 1.807) is 12.1 Å². The Kier molecular flexibility index (Phi) is 4.34. The molecule has 0 aromatic heterocycles. The lowest BCUT2D eigenvalue weighted by atomic mass is 10.1. The monoisotopic (exact) mass is 238 g/mol. The Bertz CT molecular complexity index is 416. The molecule has 0 amide bonds. The molecule has 0 fully saturated rings. The first kappa shape index (κ1) is 13.3. The van der Waals surface area contributed by atoms with E-state index in [4.69, 9.17) is 15.6 Å². The number of aromatic carboxylic acids is 1. The second-order valence-electron chi connectivity index (χ2n) is 4.12. The van der Waals surface area contributed by atoms with Gasteiger partial charge in [-0.25, -0.2) is 4.79 Å². The summed E-state index contributed by atoms with van der Waals surface area (Å²) in [6.07, 6.45) is 0.751. The third kappa shape index (κ3) is 3.35. The number of hydrogen-bond acceptors (Lipinski definition) is 4.